The van der Waals surface area contributed by atoms with E-state index >= 15 is 0 Å². The lowest BCUT2D eigenvalue weighted by molar-refractivity contribution is -0.234. The molecule has 0 fully saturated rings. The van der Waals surface area contributed by atoms with Crippen molar-refractivity contribution in [2.75, 3.05) is 13.2 Å². The molecule has 2 aromatic rings. The average molecular weight is 703 g/mol. The summed E-state index contributed by atoms with van der Waals surface area (Å²) >= 11 is 0. The fourth-order valence-corrected chi connectivity index (χ4v) is 2.26. The van der Waals surface area contributed by atoms with Crippen LogP contribution in [-0.2, 0) is 9.47 Å². The third kappa shape index (κ3) is 27.6. The Labute approximate surface area is 280 Å². The first-order valence-electron chi connectivity index (χ1n) is 10.9. The van der Waals surface area contributed by atoms with Gasteiger partial charge in [-0.1, -0.05) is 117 Å². The summed E-state index contributed by atoms with van der Waals surface area (Å²) in [5.41, 5.74) is 0.289. The number of hydrogen-bond acceptors (Lipinski definition) is 8. The van der Waals surface area contributed by atoms with E-state index in [9.17, 15) is 35.9 Å². The Hall–Kier alpha value is -3.20. The number of hydrogen-bond donors (Lipinski definition) is 4. The van der Waals surface area contributed by atoms with Crippen LogP contribution in [0.5, 0.6) is 0 Å². The molecule has 286 valence electrons. The molecule has 0 amide bonds. The number of carbonyl (C=O) groups is 2. The Morgan fingerprint density at radius 3 is 0.936 bits per heavy atom. The number of alkyl halides is 6. The van der Waals surface area contributed by atoms with Gasteiger partial charge in [0, 0.05) is 0 Å². The number of rotatable bonds is 8. The second kappa shape index (κ2) is 34.1. The van der Waals surface area contributed by atoms with E-state index in [-0.39, 0.29) is 78.0 Å². The lowest BCUT2D eigenvalue weighted by atomic mass is 10.2. The molecule has 0 bridgehead atoms. The summed E-state index contributed by atoms with van der Waals surface area (Å²) in [6, 6.07) is 15.2. The molecule has 0 spiro atoms. The Kier molecular flexibility index (Phi) is 51.0. The zero-order valence-corrected chi connectivity index (χ0v) is 20.2. The number of aliphatic hydroxyl groups excluding tert-OH is 4. The highest BCUT2D eigenvalue weighted by molar-refractivity contribution is 5.89. The Bertz CT molecular complexity index is 866. The molecule has 0 saturated carbocycles. The predicted octanol–water partition coefficient (Wildman–Crippen LogP) is 9.01. The largest absolute Gasteiger partial charge is 0.459 e. The Morgan fingerprint density at radius 1 is 0.532 bits per heavy atom. The number of esters is 2. The maximum atomic E-state index is 12.0. The minimum Gasteiger partial charge on any atom is -0.459 e. The molecule has 8 nitrogen and oxygen atoms in total. The van der Waals surface area contributed by atoms with Crippen LogP contribution < -0.4 is 0 Å². The Balaban J connectivity index is -0.0000000584. The normalized spacial score (nSPS) is 11.6. The van der Waals surface area contributed by atoms with Crippen molar-refractivity contribution in [2.24, 2.45) is 0 Å². The molecule has 47 heavy (non-hydrogen) atoms. The highest BCUT2D eigenvalue weighted by Crippen LogP contribution is 2.23. The van der Waals surface area contributed by atoms with Crippen LogP contribution in [0.25, 0.3) is 0 Å². The molecule has 0 aliphatic heterocycles. The lowest BCUT2D eigenvalue weighted by Gasteiger charge is -2.20. The molecule has 14 heteroatoms. The van der Waals surface area contributed by atoms with Crippen LogP contribution >= 0.6 is 0 Å². The van der Waals surface area contributed by atoms with E-state index in [2.05, 4.69) is 9.47 Å². The first kappa shape index (κ1) is 70.2. The van der Waals surface area contributed by atoms with Gasteiger partial charge in [0.1, 0.15) is 25.4 Å². The fourth-order valence-electron chi connectivity index (χ4n) is 2.26. The standard InChI is InChI=1S/2C11H11F3O4.C2H6.9CH4/c2*12-11(13,14)9(16)8(15)6-18-10(17)7-4-2-1-3-5-7;1-2;;;;;;;;;/h2*1-5,8-9,15-16H,6H2;1-2H3;9*1H4/t2*8-,9+;;;;;;;;;;/m10........../s1. The minimum atomic E-state index is -4.96. The van der Waals surface area contributed by atoms with Crippen molar-refractivity contribution in [2.45, 2.75) is 117 Å². The smallest absolute Gasteiger partial charge is 0.417 e. The van der Waals surface area contributed by atoms with Crippen LogP contribution in [0.3, 0.4) is 0 Å². The van der Waals surface area contributed by atoms with E-state index in [0.29, 0.717) is 0 Å². The first-order chi connectivity index (χ1) is 17.6. The van der Waals surface area contributed by atoms with Gasteiger partial charge >= 0.3 is 24.3 Å². The van der Waals surface area contributed by atoms with Crippen LogP contribution in [0.15, 0.2) is 60.7 Å². The van der Waals surface area contributed by atoms with Crippen molar-refractivity contribution in [1.29, 1.82) is 0 Å². The van der Waals surface area contributed by atoms with Crippen LogP contribution in [0.1, 0.15) is 101 Å². The number of halogens is 6. The number of benzene rings is 2. The molecule has 0 radical (unpaired) electrons. The summed E-state index contributed by atoms with van der Waals surface area (Å²) in [7, 11) is 0. The zero-order valence-electron chi connectivity index (χ0n) is 20.2. The molecule has 0 unspecified atom stereocenters. The highest BCUT2D eigenvalue weighted by atomic mass is 19.4. The van der Waals surface area contributed by atoms with E-state index in [1.54, 1.807) is 36.4 Å². The summed E-state index contributed by atoms with van der Waals surface area (Å²) in [5, 5.41) is 35.3. The maximum Gasteiger partial charge on any atom is 0.417 e. The van der Waals surface area contributed by atoms with Gasteiger partial charge in [0.2, 0.25) is 0 Å². The van der Waals surface area contributed by atoms with Gasteiger partial charge in [0.05, 0.1) is 11.1 Å². The van der Waals surface area contributed by atoms with Crippen LogP contribution in [0, 0.1) is 0 Å². The third-order valence-electron chi connectivity index (χ3n) is 4.19. The van der Waals surface area contributed by atoms with Gasteiger partial charge in [-0.3, -0.25) is 0 Å². The van der Waals surface area contributed by atoms with Crippen molar-refractivity contribution in [3.05, 3.63) is 71.8 Å². The Morgan fingerprint density at radius 2 is 0.745 bits per heavy atom. The number of carbonyl (C=O) groups excluding carboxylic acids is 2. The summed E-state index contributed by atoms with van der Waals surface area (Å²) in [6.45, 7) is 2.13. The predicted molar refractivity (Wildman–Crippen MR) is 182 cm³/mol. The summed E-state index contributed by atoms with van der Waals surface area (Å²) in [4.78, 5) is 22.7. The summed E-state index contributed by atoms with van der Waals surface area (Å²) < 4.78 is 80.9. The van der Waals surface area contributed by atoms with E-state index in [4.69, 9.17) is 20.4 Å². The molecule has 0 aliphatic rings. The molecule has 0 saturated heterocycles. The van der Waals surface area contributed by atoms with E-state index in [1.165, 1.54) is 24.3 Å². The molecular weight excluding hydrogens is 638 g/mol. The van der Waals surface area contributed by atoms with Crippen molar-refractivity contribution < 1.29 is 65.8 Å². The van der Waals surface area contributed by atoms with Crippen molar-refractivity contribution in [3.63, 3.8) is 0 Å². The number of aliphatic hydroxyl groups is 4. The van der Waals surface area contributed by atoms with Gasteiger partial charge in [-0.2, -0.15) is 26.3 Å². The van der Waals surface area contributed by atoms with Gasteiger partial charge in [-0.15, -0.1) is 0 Å². The molecule has 2 rings (SSSR count). The molecule has 0 aliphatic carbocycles. The van der Waals surface area contributed by atoms with Gasteiger partial charge in [-0.25, -0.2) is 9.59 Å². The molecule has 0 heterocycles. The second-order valence-corrected chi connectivity index (χ2v) is 7.04. The van der Waals surface area contributed by atoms with Crippen molar-refractivity contribution >= 4 is 11.9 Å². The lowest BCUT2D eigenvalue weighted by Crippen LogP contribution is -2.42. The topological polar surface area (TPSA) is 134 Å². The van der Waals surface area contributed by atoms with Gasteiger partial charge < -0.3 is 29.9 Å². The van der Waals surface area contributed by atoms with Gasteiger partial charge in [-0.05, 0) is 24.3 Å². The zero-order chi connectivity index (χ0) is 29.5. The maximum absolute atomic E-state index is 12.0. The van der Waals surface area contributed by atoms with Crippen molar-refractivity contribution in [1.82, 2.24) is 0 Å². The monoisotopic (exact) mass is 702 g/mol. The fraction of sp³-hybridized carbons (Fsp3) is 0.576. The molecule has 2 aromatic carbocycles. The van der Waals surface area contributed by atoms with E-state index in [0.717, 1.165) is 0 Å². The average Bonchev–Trinajstić information content (AvgIpc) is 2.90. The van der Waals surface area contributed by atoms with Crippen LogP contribution in [0.2, 0.25) is 0 Å². The van der Waals surface area contributed by atoms with Crippen LogP contribution in [0.4, 0.5) is 26.3 Å². The quantitative estimate of drug-likeness (QED) is 0.158. The van der Waals surface area contributed by atoms with E-state index < -0.39 is 61.9 Å². The summed E-state index contributed by atoms with van der Waals surface area (Å²) in [5.74, 6) is -1.74. The van der Waals surface area contributed by atoms with E-state index in [1.807, 2.05) is 13.8 Å². The van der Waals surface area contributed by atoms with Crippen molar-refractivity contribution in [3.8, 4) is 0 Å². The molecule has 0 aromatic heterocycles. The SMILES string of the molecule is C.C.C.C.C.C.C.C.C.CC.O=C(OC[C@@H](O)[C@H](O)C(F)(F)F)c1ccccc1.O=C(OC[C@H](O)[C@@H](O)C(F)(F)F)c1ccccc1. The molecule has 4 atom stereocenters. The minimum absolute atomic E-state index is 0. The van der Waals surface area contributed by atoms with Crippen LogP contribution in [-0.4, -0.2) is 82.3 Å². The first-order valence-corrected chi connectivity index (χ1v) is 10.9. The van der Waals surface area contributed by atoms with Gasteiger partial charge in [0.25, 0.3) is 0 Å². The van der Waals surface area contributed by atoms with Gasteiger partial charge in [0.15, 0.2) is 12.2 Å². The molecular formula is C33H64F6O8. The second-order valence-electron chi connectivity index (χ2n) is 7.04. The number of ether oxygens (including phenoxy) is 2. The highest BCUT2D eigenvalue weighted by Gasteiger charge is 2.44. The molecule has 4 N–H and O–H groups in total. The summed E-state index contributed by atoms with van der Waals surface area (Å²) in [6.07, 6.45) is -20.2. The third-order valence-corrected chi connectivity index (χ3v) is 4.19.